The van der Waals surface area contributed by atoms with E-state index in [2.05, 4.69) is 15.2 Å². The van der Waals surface area contributed by atoms with Crippen molar-refractivity contribution in [2.45, 2.75) is 25.0 Å². The minimum atomic E-state index is -0.744. The van der Waals surface area contributed by atoms with E-state index >= 15 is 0 Å². The van der Waals surface area contributed by atoms with E-state index in [0.717, 1.165) is 19.0 Å². The lowest BCUT2D eigenvalue weighted by atomic mass is 9.97. The maximum atomic E-state index is 10.2. The zero-order valence-electron chi connectivity index (χ0n) is 9.77. The van der Waals surface area contributed by atoms with Crippen molar-refractivity contribution in [1.29, 1.82) is 0 Å². The molecule has 0 amide bonds. The van der Waals surface area contributed by atoms with Crippen LogP contribution in [0.1, 0.15) is 13.3 Å². The number of aliphatic imine (C=N–C) groups is 1. The van der Waals surface area contributed by atoms with E-state index in [9.17, 15) is 5.11 Å². The third-order valence-corrected chi connectivity index (χ3v) is 3.27. The Balaban J connectivity index is 0.00000128. The Morgan fingerprint density at radius 1 is 1.69 bits per heavy atom. The number of ether oxygens (including phenoxy) is 1. The number of rotatable bonds is 2. The van der Waals surface area contributed by atoms with Gasteiger partial charge in [-0.2, -0.15) is 0 Å². The van der Waals surface area contributed by atoms with Gasteiger partial charge in [0.05, 0.1) is 12.6 Å². The van der Waals surface area contributed by atoms with Crippen LogP contribution in [0.25, 0.3) is 0 Å². The molecule has 2 rings (SSSR count). The third kappa shape index (κ3) is 2.78. The Morgan fingerprint density at radius 2 is 2.44 bits per heavy atom. The number of guanidine groups is 1. The summed E-state index contributed by atoms with van der Waals surface area (Å²) in [4.78, 5) is 6.37. The highest BCUT2D eigenvalue weighted by Gasteiger charge is 2.39. The first-order chi connectivity index (χ1) is 7.12. The average Bonchev–Trinajstić information content (AvgIpc) is 2.73. The highest BCUT2D eigenvalue weighted by molar-refractivity contribution is 14.0. The van der Waals surface area contributed by atoms with Crippen LogP contribution in [-0.4, -0.2) is 61.0 Å². The Kier molecular flexibility index (Phi) is 4.81. The van der Waals surface area contributed by atoms with Crippen molar-refractivity contribution < 1.29 is 9.84 Å². The molecule has 2 N–H and O–H groups in total. The monoisotopic (exact) mass is 341 g/mol. The van der Waals surface area contributed by atoms with Crippen molar-refractivity contribution >= 4 is 29.9 Å². The molecule has 16 heavy (non-hydrogen) atoms. The van der Waals surface area contributed by atoms with Crippen molar-refractivity contribution in [2.75, 3.05) is 33.3 Å². The molecule has 2 unspecified atom stereocenters. The molecule has 2 aliphatic rings. The molecule has 0 aromatic heterocycles. The van der Waals surface area contributed by atoms with E-state index < -0.39 is 5.60 Å². The summed E-state index contributed by atoms with van der Waals surface area (Å²) in [6.45, 7) is 4.85. The molecule has 1 fully saturated rings. The van der Waals surface area contributed by atoms with Crippen LogP contribution in [0.5, 0.6) is 0 Å². The van der Waals surface area contributed by atoms with Gasteiger partial charge < -0.3 is 20.1 Å². The van der Waals surface area contributed by atoms with Gasteiger partial charge in [0.1, 0.15) is 5.60 Å². The van der Waals surface area contributed by atoms with Gasteiger partial charge in [0.25, 0.3) is 0 Å². The molecule has 0 bridgehead atoms. The largest absolute Gasteiger partial charge is 0.385 e. The molecule has 0 spiro atoms. The molecule has 1 saturated heterocycles. The van der Waals surface area contributed by atoms with E-state index in [0.29, 0.717) is 19.6 Å². The molecule has 0 radical (unpaired) electrons. The van der Waals surface area contributed by atoms with Gasteiger partial charge in [0.15, 0.2) is 5.96 Å². The second-order valence-corrected chi connectivity index (χ2v) is 4.35. The minimum absolute atomic E-state index is 0. The van der Waals surface area contributed by atoms with Crippen molar-refractivity contribution in [1.82, 2.24) is 10.2 Å². The predicted octanol–water partition coefficient (Wildman–Crippen LogP) is 0.0353. The number of hydrogen-bond donors (Lipinski definition) is 2. The molecule has 94 valence electrons. The van der Waals surface area contributed by atoms with Crippen LogP contribution in [0, 0.1) is 0 Å². The summed E-state index contributed by atoms with van der Waals surface area (Å²) in [6.07, 6.45) is 0.593. The topological polar surface area (TPSA) is 57.1 Å². The smallest absolute Gasteiger partial charge is 0.193 e. The van der Waals surface area contributed by atoms with Gasteiger partial charge in [0, 0.05) is 33.2 Å². The van der Waals surface area contributed by atoms with Crippen molar-refractivity contribution in [2.24, 2.45) is 4.99 Å². The van der Waals surface area contributed by atoms with Crippen LogP contribution in [0.4, 0.5) is 0 Å². The molecule has 2 aliphatic heterocycles. The zero-order chi connectivity index (χ0) is 10.9. The summed E-state index contributed by atoms with van der Waals surface area (Å²) in [5, 5.41) is 13.4. The normalized spacial score (nSPS) is 33.6. The fraction of sp³-hybridized carbons (Fsp3) is 0.900. The first-order valence-corrected chi connectivity index (χ1v) is 5.45. The summed E-state index contributed by atoms with van der Waals surface area (Å²) >= 11 is 0. The third-order valence-electron chi connectivity index (χ3n) is 3.27. The Bertz CT molecular complexity index is 275. The quantitative estimate of drug-likeness (QED) is 0.697. The Labute approximate surface area is 113 Å². The Morgan fingerprint density at radius 3 is 2.94 bits per heavy atom. The SMILES string of the molecule is CC1OCCC1(O)CNC1=NCCN1C.I. The molecule has 6 heteroatoms. The van der Waals surface area contributed by atoms with E-state index in [1.807, 2.05) is 14.0 Å². The van der Waals surface area contributed by atoms with Gasteiger partial charge in [-0.25, -0.2) is 0 Å². The predicted molar refractivity (Wildman–Crippen MR) is 73.3 cm³/mol. The molecule has 5 nitrogen and oxygen atoms in total. The molecular weight excluding hydrogens is 321 g/mol. The lowest BCUT2D eigenvalue weighted by Crippen LogP contribution is -2.49. The van der Waals surface area contributed by atoms with Crippen LogP contribution in [0.15, 0.2) is 4.99 Å². The van der Waals surface area contributed by atoms with Crippen LogP contribution in [0.2, 0.25) is 0 Å². The van der Waals surface area contributed by atoms with E-state index in [1.54, 1.807) is 0 Å². The first kappa shape index (κ1) is 14.0. The molecule has 2 atom stereocenters. The summed E-state index contributed by atoms with van der Waals surface area (Å²) in [5.74, 6) is 0.877. The van der Waals surface area contributed by atoms with Crippen molar-refractivity contribution in [3.8, 4) is 0 Å². The maximum Gasteiger partial charge on any atom is 0.193 e. The molecule has 0 saturated carbocycles. The van der Waals surface area contributed by atoms with E-state index in [4.69, 9.17) is 4.74 Å². The second kappa shape index (κ2) is 5.50. The molecule has 0 aliphatic carbocycles. The van der Waals surface area contributed by atoms with Crippen LogP contribution < -0.4 is 5.32 Å². The van der Waals surface area contributed by atoms with Crippen LogP contribution in [-0.2, 0) is 4.74 Å². The minimum Gasteiger partial charge on any atom is -0.385 e. The highest BCUT2D eigenvalue weighted by atomic mass is 127. The summed E-state index contributed by atoms with van der Waals surface area (Å²) in [5.41, 5.74) is -0.744. The molecule has 2 heterocycles. The van der Waals surface area contributed by atoms with Gasteiger partial charge in [-0.3, -0.25) is 4.99 Å². The maximum absolute atomic E-state index is 10.2. The lowest BCUT2D eigenvalue weighted by Gasteiger charge is -2.27. The lowest BCUT2D eigenvalue weighted by molar-refractivity contribution is -0.0236. The summed E-state index contributed by atoms with van der Waals surface area (Å²) in [7, 11) is 2.00. The van der Waals surface area contributed by atoms with Gasteiger partial charge >= 0.3 is 0 Å². The average molecular weight is 341 g/mol. The van der Waals surface area contributed by atoms with Gasteiger partial charge in [-0.1, -0.05) is 0 Å². The Hall–Kier alpha value is -0.0800. The highest BCUT2D eigenvalue weighted by Crippen LogP contribution is 2.24. The molecular formula is C10H20IN3O2. The molecule has 0 aromatic carbocycles. The van der Waals surface area contributed by atoms with E-state index in [1.165, 1.54) is 0 Å². The number of hydrogen-bond acceptors (Lipinski definition) is 5. The van der Waals surface area contributed by atoms with Crippen LogP contribution in [0.3, 0.4) is 0 Å². The fourth-order valence-corrected chi connectivity index (χ4v) is 1.96. The number of likely N-dealkylation sites (N-methyl/N-ethyl adjacent to an activating group) is 1. The summed E-state index contributed by atoms with van der Waals surface area (Å²) in [6, 6.07) is 0. The molecule has 0 aromatic rings. The standard InChI is InChI=1S/C10H19N3O2.HI/c1-8-10(14,3-6-15-8)7-12-9-11-4-5-13(9)2;/h8,14H,3-7H2,1-2H3,(H,11,12);1H. The number of aliphatic hydroxyl groups is 1. The second-order valence-electron chi connectivity index (χ2n) is 4.35. The van der Waals surface area contributed by atoms with Gasteiger partial charge in [0.2, 0.25) is 0 Å². The van der Waals surface area contributed by atoms with Gasteiger partial charge in [-0.15, -0.1) is 24.0 Å². The fourth-order valence-electron chi connectivity index (χ4n) is 1.96. The summed E-state index contributed by atoms with van der Waals surface area (Å²) < 4.78 is 5.37. The first-order valence-electron chi connectivity index (χ1n) is 5.45. The van der Waals surface area contributed by atoms with Crippen molar-refractivity contribution in [3.63, 3.8) is 0 Å². The zero-order valence-corrected chi connectivity index (χ0v) is 12.1. The van der Waals surface area contributed by atoms with Crippen molar-refractivity contribution in [3.05, 3.63) is 0 Å². The van der Waals surface area contributed by atoms with E-state index in [-0.39, 0.29) is 30.1 Å². The number of nitrogens with one attached hydrogen (secondary N) is 1. The number of halogens is 1. The number of nitrogens with zero attached hydrogens (tertiary/aromatic N) is 2. The van der Waals surface area contributed by atoms with Crippen LogP contribution >= 0.6 is 24.0 Å². The van der Waals surface area contributed by atoms with Gasteiger partial charge in [-0.05, 0) is 6.92 Å².